The molecule has 0 fully saturated rings. The van der Waals surface area contributed by atoms with Crippen LogP contribution in [0.4, 0.5) is 0 Å². The molecule has 0 saturated carbocycles. The summed E-state index contributed by atoms with van der Waals surface area (Å²) in [5, 5.41) is 0. The van der Waals surface area contributed by atoms with Gasteiger partial charge in [-0.15, -0.1) is 0 Å². The second-order valence-corrected chi connectivity index (χ2v) is 4.03. The molecule has 1 aromatic rings. The van der Waals surface area contributed by atoms with E-state index in [1.54, 1.807) is 6.47 Å². The van der Waals surface area contributed by atoms with E-state index in [9.17, 15) is 4.79 Å². The third kappa shape index (κ3) is 2.82. The van der Waals surface area contributed by atoms with E-state index < -0.39 is 5.60 Å². The highest BCUT2D eigenvalue weighted by molar-refractivity contribution is 5.41. The molecule has 1 aromatic carbocycles. The first-order valence-electron chi connectivity index (χ1n) is 5.24. The molecule has 1 radical (unpaired) electrons. The first kappa shape index (κ1) is 11.8. The van der Waals surface area contributed by atoms with E-state index in [2.05, 4.69) is 6.92 Å². The number of aryl methyl sites for hydroxylation is 1. The average molecular weight is 205 g/mol. The molecule has 0 aliphatic heterocycles. The fraction of sp³-hybridized carbons (Fsp3) is 0.462. The Labute approximate surface area is 91.3 Å². The molecule has 81 valence electrons. The lowest BCUT2D eigenvalue weighted by molar-refractivity contribution is 0.0575. The fourth-order valence-corrected chi connectivity index (χ4v) is 1.73. The van der Waals surface area contributed by atoms with Gasteiger partial charge in [0, 0.05) is 0 Å². The largest absolute Gasteiger partial charge is 0.446 e. The highest BCUT2D eigenvalue weighted by Crippen LogP contribution is 2.29. The third-order valence-corrected chi connectivity index (χ3v) is 2.66. The van der Waals surface area contributed by atoms with Crippen LogP contribution in [-0.2, 0) is 15.1 Å². The Hall–Kier alpha value is -1.31. The van der Waals surface area contributed by atoms with Crippen LogP contribution in [-0.4, -0.2) is 6.47 Å². The molecule has 0 saturated heterocycles. The van der Waals surface area contributed by atoms with Crippen LogP contribution in [0.5, 0.6) is 0 Å². The lowest BCUT2D eigenvalue weighted by Crippen LogP contribution is -2.25. The number of ether oxygens (including phenoxy) is 1. The summed E-state index contributed by atoms with van der Waals surface area (Å²) in [4.78, 5) is 10.4. The Balaban J connectivity index is 2.97. The van der Waals surface area contributed by atoms with Crippen LogP contribution in [0.25, 0.3) is 0 Å². The van der Waals surface area contributed by atoms with Crippen LogP contribution in [0, 0.1) is 6.92 Å². The molecular formula is C13H17O2. The van der Waals surface area contributed by atoms with Gasteiger partial charge in [-0.2, -0.15) is 0 Å². The average Bonchev–Trinajstić information content (AvgIpc) is 2.19. The van der Waals surface area contributed by atoms with Gasteiger partial charge in [-0.25, -0.2) is 4.79 Å². The highest BCUT2D eigenvalue weighted by atomic mass is 16.5. The second-order valence-electron chi connectivity index (χ2n) is 4.03. The van der Waals surface area contributed by atoms with Crippen LogP contribution >= 0.6 is 0 Å². The first-order valence-corrected chi connectivity index (χ1v) is 5.24. The summed E-state index contributed by atoms with van der Waals surface area (Å²) in [5.74, 6) is 0. The van der Waals surface area contributed by atoms with E-state index in [1.165, 1.54) is 5.56 Å². The fourth-order valence-electron chi connectivity index (χ4n) is 1.73. The van der Waals surface area contributed by atoms with E-state index in [4.69, 9.17) is 4.74 Å². The Morgan fingerprint density at radius 1 is 1.33 bits per heavy atom. The second kappa shape index (κ2) is 4.96. The van der Waals surface area contributed by atoms with Gasteiger partial charge in [0.1, 0.15) is 5.60 Å². The van der Waals surface area contributed by atoms with Crippen LogP contribution in [0.3, 0.4) is 0 Å². The molecule has 0 bridgehead atoms. The molecule has 0 aromatic heterocycles. The van der Waals surface area contributed by atoms with E-state index >= 15 is 0 Å². The maximum atomic E-state index is 10.4. The lowest BCUT2D eigenvalue weighted by atomic mass is 9.90. The standard InChI is InChI=1S/C13H17O2/c1-4-9-13(3,15-10-14)12-7-5-11(2)6-8-12/h5-8H,4,9H2,1-3H3. The van der Waals surface area contributed by atoms with Crippen molar-refractivity contribution in [3.8, 4) is 0 Å². The molecule has 0 aliphatic carbocycles. The molecule has 0 N–H and O–H groups in total. The Bertz CT molecular complexity index is 316. The van der Waals surface area contributed by atoms with Crippen molar-refractivity contribution in [1.29, 1.82) is 0 Å². The van der Waals surface area contributed by atoms with Crippen molar-refractivity contribution in [3.63, 3.8) is 0 Å². The molecule has 15 heavy (non-hydrogen) atoms. The first-order chi connectivity index (χ1) is 7.12. The van der Waals surface area contributed by atoms with E-state index in [-0.39, 0.29) is 0 Å². The molecule has 2 nitrogen and oxygen atoms in total. The molecule has 1 rings (SSSR count). The van der Waals surface area contributed by atoms with E-state index in [0.717, 1.165) is 18.4 Å². The molecule has 0 spiro atoms. The quantitative estimate of drug-likeness (QED) is 0.738. The van der Waals surface area contributed by atoms with Gasteiger partial charge in [0.25, 0.3) is 0 Å². The van der Waals surface area contributed by atoms with E-state index in [0.29, 0.717) is 0 Å². The summed E-state index contributed by atoms with van der Waals surface area (Å²) in [6.45, 7) is 7.58. The maximum Gasteiger partial charge on any atom is 0.418 e. The van der Waals surface area contributed by atoms with Gasteiger partial charge in [-0.05, 0) is 25.8 Å². The predicted molar refractivity (Wildman–Crippen MR) is 60.2 cm³/mol. The van der Waals surface area contributed by atoms with Crippen molar-refractivity contribution in [3.05, 3.63) is 35.4 Å². The molecule has 0 amide bonds. The van der Waals surface area contributed by atoms with Crippen molar-refractivity contribution in [2.24, 2.45) is 0 Å². The number of hydrogen-bond donors (Lipinski definition) is 0. The summed E-state index contributed by atoms with van der Waals surface area (Å²) < 4.78 is 5.09. The summed E-state index contributed by atoms with van der Waals surface area (Å²) in [5.41, 5.74) is 1.69. The van der Waals surface area contributed by atoms with Crippen LogP contribution < -0.4 is 0 Å². The number of benzene rings is 1. The normalized spacial score (nSPS) is 14.3. The minimum Gasteiger partial charge on any atom is -0.446 e. The smallest absolute Gasteiger partial charge is 0.418 e. The molecule has 1 unspecified atom stereocenters. The molecule has 1 atom stereocenters. The molecular weight excluding hydrogens is 188 g/mol. The SMILES string of the molecule is CCCC(C)(O[C]=O)c1ccc(C)cc1. The summed E-state index contributed by atoms with van der Waals surface area (Å²) in [6.07, 6.45) is 1.78. The molecule has 0 heterocycles. The number of rotatable bonds is 5. The zero-order valence-electron chi connectivity index (χ0n) is 9.54. The summed E-state index contributed by atoms with van der Waals surface area (Å²) >= 11 is 0. The Morgan fingerprint density at radius 2 is 1.93 bits per heavy atom. The van der Waals surface area contributed by atoms with Gasteiger partial charge in [-0.3, -0.25) is 0 Å². The monoisotopic (exact) mass is 205 g/mol. The van der Waals surface area contributed by atoms with Crippen LogP contribution in [0.2, 0.25) is 0 Å². The van der Waals surface area contributed by atoms with Gasteiger partial charge in [0.15, 0.2) is 0 Å². The van der Waals surface area contributed by atoms with Gasteiger partial charge in [0.05, 0.1) is 0 Å². The van der Waals surface area contributed by atoms with Gasteiger partial charge in [0.2, 0.25) is 0 Å². The lowest BCUT2D eigenvalue weighted by Gasteiger charge is -2.27. The topological polar surface area (TPSA) is 26.3 Å². The number of hydrogen-bond acceptors (Lipinski definition) is 2. The summed E-state index contributed by atoms with van der Waals surface area (Å²) in [7, 11) is 0. The number of carbonyl (C=O) groups excluding carboxylic acids is 1. The Kier molecular flexibility index (Phi) is 3.89. The van der Waals surface area contributed by atoms with Gasteiger partial charge >= 0.3 is 6.47 Å². The van der Waals surface area contributed by atoms with Crippen molar-refractivity contribution < 1.29 is 9.53 Å². The van der Waals surface area contributed by atoms with Crippen molar-refractivity contribution in [2.45, 2.75) is 39.2 Å². The third-order valence-electron chi connectivity index (χ3n) is 2.66. The van der Waals surface area contributed by atoms with E-state index in [1.807, 2.05) is 38.1 Å². The molecule has 2 heteroatoms. The van der Waals surface area contributed by atoms with Crippen LogP contribution in [0.1, 0.15) is 37.8 Å². The minimum atomic E-state index is -0.537. The minimum absolute atomic E-state index is 0.537. The predicted octanol–water partition coefficient (Wildman–Crippen LogP) is 3.09. The Morgan fingerprint density at radius 3 is 2.40 bits per heavy atom. The van der Waals surface area contributed by atoms with Crippen molar-refractivity contribution >= 4 is 6.47 Å². The summed E-state index contributed by atoms with van der Waals surface area (Å²) in [6, 6.07) is 8.06. The van der Waals surface area contributed by atoms with Gasteiger partial charge < -0.3 is 4.74 Å². The zero-order chi connectivity index (χ0) is 11.3. The zero-order valence-corrected chi connectivity index (χ0v) is 9.54. The molecule has 0 aliphatic rings. The maximum absolute atomic E-state index is 10.4. The van der Waals surface area contributed by atoms with Crippen molar-refractivity contribution in [2.75, 3.05) is 0 Å². The van der Waals surface area contributed by atoms with Gasteiger partial charge in [-0.1, -0.05) is 43.2 Å². The highest BCUT2D eigenvalue weighted by Gasteiger charge is 2.27. The van der Waals surface area contributed by atoms with Crippen LogP contribution in [0.15, 0.2) is 24.3 Å². The van der Waals surface area contributed by atoms with Crippen molar-refractivity contribution in [1.82, 2.24) is 0 Å².